The zero-order valence-corrected chi connectivity index (χ0v) is 25.4. The van der Waals surface area contributed by atoms with Crippen LogP contribution in [0.25, 0.3) is 5.65 Å². The molecule has 4 aromatic rings. The Bertz CT molecular complexity index is 1660. The van der Waals surface area contributed by atoms with Gasteiger partial charge in [0.2, 0.25) is 0 Å². The second-order valence-electron chi connectivity index (χ2n) is 10.1. The monoisotopic (exact) mass is 617 g/mol. The normalized spacial score (nSPS) is 15.9. The number of sulfonamides is 1. The van der Waals surface area contributed by atoms with Crippen molar-refractivity contribution in [1.29, 1.82) is 0 Å². The number of aryl methyl sites for hydroxylation is 1. The van der Waals surface area contributed by atoms with E-state index in [4.69, 9.17) is 27.4 Å². The van der Waals surface area contributed by atoms with Crippen molar-refractivity contribution < 1.29 is 13.2 Å². The summed E-state index contributed by atoms with van der Waals surface area (Å²) < 4.78 is 30.3. The summed E-state index contributed by atoms with van der Waals surface area (Å²) in [6.07, 6.45) is 3.44. The third-order valence-electron chi connectivity index (χ3n) is 7.17. The largest absolute Gasteiger partial charge is 0.355 e. The lowest BCUT2D eigenvalue weighted by molar-refractivity contribution is 0.0723. The molecule has 1 amide bonds. The van der Waals surface area contributed by atoms with Gasteiger partial charge in [0.15, 0.2) is 5.65 Å². The minimum absolute atomic E-state index is 0. The first-order chi connectivity index (χ1) is 19.1. The molecule has 3 N–H and O–H groups in total. The Labute approximate surface area is 251 Å². The molecule has 13 heteroatoms. The zero-order valence-electron chi connectivity index (χ0n) is 23.0. The van der Waals surface area contributed by atoms with E-state index in [0.717, 1.165) is 30.9 Å². The third-order valence-corrected chi connectivity index (χ3v) is 8.79. The van der Waals surface area contributed by atoms with Gasteiger partial charge in [-0.1, -0.05) is 36.7 Å². The van der Waals surface area contributed by atoms with Crippen molar-refractivity contribution in [2.75, 3.05) is 29.8 Å². The van der Waals surface area contributed by atoms with E-state index in [0.29, 0.717) is 22.8 Å². The minimum Gasteiger partial charge on any atom is -0.355 e. The van der Waals surface area contributed by atoms with E-state index in [1.165, 1.54) is 24.3 Å². The van der Waals surface area contributed by atoms with E-state index in [-0.39, 0.29) is 34.6 Å². The Morgan fingerprint density at radius 3 is 2.61 bits per heavy atom. The number of nitrogens with two attached hydrogens (primary N) is 1. The summed E-state index contributed by atoms with van der Waals surface area (Å²) >= 11 is 6.25. The maximum atomic E-state index is 13.8. The van der Waals surface area contributed by atoms with Crippen LogP contribution >= 0.6 is 24.0 Å². The number of nitrogens with zero attached hydrogens (tertiary/aromatic N) is 5. The molecule has 0 unspecified atom stereocenters. The van der Waals surface area contributed by atoms with Crippen LogP contribution in [0.15, 0.2) is 65.7 Å². The summed E-state index contributed by atoms with van der Waals surface area (Å²) in [6, 6.07) is 14.1. The highest BCUT2D eigenvalue weighted by Gasteiger charge is 2.28. The van der Waals surface area contributed by atoms with Gasteiger partial charge >= 0.3 is 0 Å². The van der Waals surface area contributed by atoms with E-state index >= 15 is 0 Å². The summed E-state index contributed by atoms with van der Waals surface area (Å²) in [5, 5.41) is 5.06. The highest BCUT2D eigenvalue weighted by Crippen LogP contribution is 2.30. The molecule has 1 aliphatic heterocycles. The minimum atomic E-state index is -3.92. The number of anilines is 2. The van der Waals surface area contributed by atoms with Crippen LogP contribution in [0.2, 0.25) is 5.02 Å². The fourth-order valence-corrected chi connectivity index (χ4v) is 6.35. The standard InChI is InChI=1S/C28H32ClN7O3S.ClH/c1-4-25(24-15-26-31-27(18(2)16-36(26)32-24)35-13-12-20(30)17-35)34(3)28(37)22-14-19(29)10-11-23(22)33-40(38,39)21-8-6-5-7-9-21;/h5-11,14-16,20,25,33H,4,12-13,17,30H2,1-3H3;1H/t20-,25-;/m0./s1. The van der Waals surface area contributed by atoms with E-state index in [2.05, 4.69) is 9.62 Å². The number of benzene rings is 2. The van der Waals surface area contributed by atoms with Crippen LogP contribution < -0.4 is 15.4 Å². The fourth-order valence-electron chi connectivity index (χ4n) is 5.08. The first-order valence-electron chi connectivity index (χ1n) is 13.1. The lowest BCUT2D eigenvalue weighted by atomic mass is 10.1. The van der Waals surface area contributed by atoms with Crippen molar-refractivity contribution in [3.8, 4) is 0 Å². The van der Waals surface area contributed by atoms with Gasteiger partial charge in [-0.15, -0.1) is 12.4 Å². The average molecular weight is 619 g/mol. The molecule has 2 atom stereocenters. The van der Waals surface area contributed by atoms with E-state index in [1.54, 1.807) is 40.7 Å². The van der Waals surface area contributed by atoms with Gasteiger partial charge in [0.25, 0.3) is 15.9 Å². The number of carbonyl (C=O) groups excluding carboxylic acids is 1. The predicted octanol–water partition coefficient (Wildman–Crippen LogP) is 4.67. The Morgan fingerprint density at radius 2 is 1.95 bits per heavy atom. The lowest BCUT2D eigenvalue weighted by Gasteiger charge is -2.27. The number of amides is 1. The highest BCUT2D eigenvalue weighted by atomic mass is 35.5. The number of carbonyl (C=O) groups is 1. The molecule has 10 nitrogen and oxygen atoms in total. The van der Waals surface area contributed by atoms with Gasteiger partial charge in [-0.2, -0.15) is 5.10 Å². The first-order valence-corrected chi connectivity index (χ1v) is 15.0. The van der Waals surface area contributed by atoms with Crippen molar-refractivity contribution >= 4 is 57.1 Å². The molecular formula is C28H33Cl2N7O3S. The van der Waals surface area contributed by atoms with Gasteiger partial charge in [-0.3, -0.25) is 9.52 Å². The Balaban J connectivity index is 0.00000387. The van der Waals surface area contributed by atoms with Crippen LogP contribution in [-0.4, -0.2) is 60.0 Å². The van der Waals surface area contributed by atoms with Crippen LogP contribution in [-0.2, 0) is 10.0 Å². The van der Waals surface area contributed by atoms with Gasteiger partial charge in [-0.25, -0.2) is 17.9 Å². The van der Waals surface area contributed by atoms with Crippen molar-refractivity contribution in [2.45, 2.75) is 43.7 Å². The molecule has 41 heavy (non-hydrogen) atoms. The second kappa shape index (κ2) is 12.2. The number of rotatable bonds is 8. The Morgan fingerprint density at radius 1 is 1.22 bits per heavy atom. The maximum absolute atomic E-state index is 13.8. The second-order valence-corrected chi connectivity index (χ2v) is 12.2. The van der Waals surface area contributed by atoms with E-state index < -0.39 is 22.0 Å². The number of nitrogens with one attached hydrogen (secondary N) is 1. The smallest absolute Gasteiger partial charge is 0.261 e. The molecule has 0 radical (unpaired) electrons. The first kappa shape index (κ1) is 30.6. The van der Waals surface area contributed by atoms with Crippen molar-refractivity contribution in [3.63, 3.8) is 0 Å². The van der Waals surface area contributed by atoms with Gasteiger partial charge in [0.1, 0.15) is 5.82 Å². The molecule has 5 rings (SSSR count). The molecule has 3 heterocycles. The molecule has 0 bridgehead atoms. The maximum Gasteiger partial charge on any atom is 0.261 e. The van der Waals surface area contributed by atoms with E-state index in [1.807, 2.05) is 26.1 Å². The molecule has 0 saturated carbocycles. The summed E-state index contributed by atoms with van der Waals surface area (Å²) in [5.74, 6) is 0.492. The molecule has 1 aliphatic rings. The topological polar surface area (TPSA) is 126 Å². The number of hydrogen-bond acceptors (Lipinski definition) is 7. The quantitative estimate of drug-likeness (QED) is 0.294. The molecule has 1 saturated heterocycles. The van der Waals surface area contributed by atoms with Crippen LogP contribution in [0.3, 0.4) is 0 Å². The average Bonchev–Trinajstić information content (AvgIpc) is 3.55. The van der Waals surface area contributed by atoms with Crippen LogP contribution in [0.1, 0.15) is 47.4 Å². The van der Waals surface area contributed by atoms with Crippen LogP contribution in [0.5, 0.6) is 0 Å². The van der Waals surface area contributed by atoms with Gasteiger partial charge in [0.05, 0.1) is 27.9 Å². The molecular weight excluding hydrogens is 585 g/mol. The molecule has 2 aromatic heterocycles. The van der Waals surface area contributed by atoms with Gasteiger partial charge in [0, 0.05) is 49.0 Å². The number of halogens is 2. The van der Waals surface area contributed by atoms with Crippen molar-refractivity contribution in [2.24, 2.45) is 5.73 Å². The Hall–Kier alpha value is -3.38. The summed E-state index contributed by atoms with van der Waals surface area (Å²) in [5.41, 5.74) is 8.73. The molecule has 1 fully saturated rings. The summed E-state index contributed by atoms with van der Waals surface area (Å²) in [4.78, 5) is 22.5. The lowest BCUT2D eigenvalue weighted by Crippen LogP contribution is -2.32. The van der Waals surface area contributed by atoms with Crippen LogP contribution in [0.4, 0.5) is 11.5 Å². The highest BCUT2D eigenvalue weighted by molar-refractivity contribution is 7.92. The Kier molecular flexibility index (Phi) is 9.13. The summed E-state index contributed by atoms with van der Waals surface area (Å²) in [7, 11) is -2.25. The number of fused-ring (bicyclic) bond motifs is 1. The molecule has 2 aromatic carbocycles. The number of hydrogen-bond donors (Lipinski definition) is 2. The fraction of sp³-hybridized carbons (Fsp3) is 0.321. The predicted molar refractivity (Wildman–Crippen MR) is 164 cm³/mol. The van der Waals surface area contributed by atoms with Gasteiger partial charge < -0.3 is 15.5 Å². The molecule has 0 spiro atoms. The third kappa shape index (κ3) is 6.28. The SMILES string of the molecule is CC[C@@H](c1cc2nc(N3CC[C@H](N)C3)c(C)cn2n1)N(C)C(=O)c1cc(Cl)ccc1NS(=O)(=O)c1ccccc1.Cl. The van der Waals surface area contributed by atoms with Gasteiger partial charge in [-0.05, 0) is 50.1 Å². The zero-order chi connectivity index (χ0) is 28.6. The molecule has 0 aliphatic carbocycles. The number of aromatic nitrogens is 3. The van der Waals surface area contributed by atoms with Crippen molar-refractivity contribution in [3.05, 3.63) is 82.6 Å². The van der Waals surface area contributed by atoms with Crippen LogP contribution in [0, 0.1) is 6.92 Å². The summed E-state index contributed by atoms with van der Waals surface area (Å²) in [6.45, 7) is 5.58. The van der Waals surface area contributed by atoms with E-state index in [9.17, 15) is 13.2 Å². The van der Waals surface area contributed by atoms with Crippen molar-refractivity contribution in [1.82, 2.24) is 19.5 Å². The molecule has 218 valence electrons.